The number of carbonyl (C=O) groups excluding carboxylic acids is 1. The van der Waals surface area contributed by atoms with Crippen LogP contribution in [0.15, 0.2) is 0 Å². The monoisotopic (exact) mass is 214 g/mol. The first-order chi connectivity index (χ1) is 6.95. The second-order valence-corrected chi connectivity index (χ2v) is 4.10. The number of hydrogen-bond donors (Lipinski definition) is 1. The normalized spacial score (nSPS) is 23.8. The Morgan fingerprint density at radius 3 is 2.53 bits per heavy atom. The van der Waals surface area contributed by atoms with Gasteiger partial charge in [-0.1, -0.05) is 0 Å². The maximum Gasteiger partial charge on any atom is 0.326 e. The number of nitrogens with zero attached hydrogens (tertiary/aromatic N) is 2. The van der Waals surface area contributed by atoms with Gasteiger partial charge in [0.1, 0.15) is 6.04 Å². The van der Waals surface area contributed by atoms with Crippen molar-refractivity contribution in [1.82, 2.24) is 9.80 Å². The first kappa shape index (κ1) is 12.0. The van der Waals surface area contributed by atoms with Crippen LogP contribution in [0.25, 0.3) is 0 Å². The van der Waals surface area contributed by atoms with Gasteiger partial charge >= 0.3 is 5.97 Å². The predicted octanol–water partition coefficient (Wildman–Crippen LogP) is 0.0121. The van der Waals surface area contributed by atoms with E-state index in [0.29, 0.717) is 0 Å². The summed E-state index contributed by atoms with van der Waals surface area (Å²) in [4.78, 5) is 26.0. The molecule has 0 bridgehead atoms. The number of likely N-dealkylation sites (N-methyl/N-ethyl adjacent to an activating group) is 2. The van der Waals surface area contributed by atoms with Crippen LogP contribution in [0.2, 0.25) is 0 Å². The Labute approximate surface area is 89.7 Å². The molecule has 0 aromatic heterocycles. The minimum atomic E-state index is -0.966. The molecule has 1 amide bonds. The smallest absolute Gasteiger partial charge is 0.326 e. The number of hydrogen-bond acceptors (Lipinski definition) is 3. The zero-order valence-electron chi connectivity index (χ0n) is 9.43. The van der Waals surface area contributed by atoms with Crippen molar-refractivity contribution in [1.29, 1.82) is 0 Å². The van der Waals surface area contributed by atoms with Crippen molar-refractivity contribution < 1.29 is 14.7 Å². The van der Waals surface area contributed by atoms with Crippen LogP contribution in [-0.4, -0.2) is 59.5 Å². The van der Waals surface area contributed by atoms with Gasteiger partial charge in [-0.05, 0) is 33.4 Å². The molecule has 15 heavy (non-hydrogen) atoms. The summed E-state index contributed by atoms with van der Waals surface area (Å²) in [6.07, 6.45) is 1.83. The third kappa shape index (κ3) is 2.47. The number of amides is 1. The third-order valence-corrected chi connectivity index (χ3v) is 3.09. The maximum atomic E-state index is 11.9. The van der Waals surface area contributed by atoms with Gasteiger partial charge in [0.05, 0.1) is 6.04 Å². The lowest BCUT2D eigenvalue weighted by Gasteiger charge is -2.27. The standard InChI is InChI=1S/C10H18N2O3/c1-7(10(14)15)12(3)9(13)8-5-4-6-11(8)2/h7-8H,4-6H2,1-3H3,(H,14,15). The summed E-state index contributed by atoms with van der Waals surface area (Å²) >= 11 is 0. The van der Waals surface area contributed by atoms with Crippen molar-refractivity contribution >= 4 is 11.9 Å². The number of aliphatic carboxylic acids is 1. The van der Waals surface area contributed by atoms with E-state index < -0.39 is 12.0 Å². The van der Waals surface area contributed by atoms with Crippen LogP contribution < -0.4 is 0 Å². The molecule has 1 aliphatic rings. The highest BCUT2D eigenvalue weighted by Crippen LogP contribution is 2.17. The topological polar surface area (TPSA) is 60.9 Å². The SMILES string of the molecule is CC(C(=O)O)N(C)C(=O)C1CCCN1C. The van der Waals surface area contributed by atoms with Gasteiger partial charge in [0, 0.05) is 7.05 Å². The van der Waals surface area contributed by atoms with E-state index in [1.54, 1.807) is 7.05 Å². The summed E-state index contributed by atoms with van der Waals surface area (Å²) in [5.74, 6) is -1.06. The third-order valence-electron chi connectivity index (χ3n) is 3.09. The van der Waals surface area contributed by atoms with Crippen LogP contribution in [0, 0.1) is 0 Å². The molecule has 0 aromatic carbocycles. The molecule has 0 aliphatic carbocycles. The van der Waals surface area contributed by atoms with Crippen LogP contribution in [0.5, 0.6) is 0 Å². The van der Waals surface area contributed by atoms with E-state index in [9.17, 15) is 9.59 Å². The quantitative estimate of drug-likeness (QED) is 0.719. The molecule has 1 saturated heterocycles. The summed E-state index contributed by atoms with van der Waals surface area (Å²) in [6.45, 7) is 2.43. The van der Waals surface area contributed by atoms with E-state index in [0.717, 1.165) is 19.4 Å². The number of likely N-dealkylation sites (tertiary alicyclic amines) is 1. The molecule has 1 fully saturated rings. The average molecular weight is 214 g/mol. The molecule has 1 aliphatic heterocycles. The van der Waals surface area contributed by atoms with Gasteiger partial charge in [-0.2, -0.15) is 0 Å². The molecular weight excluding hydrogens is 196 g/mol. The van der Waals surface area contributed by atoms with Crippen LogP contribution in [0.4, 0.5) is 0 Å². The highest BCUT2D eigenvalue weighted by Gasteiger charge is 2.33. The minimum absolute atomic E-state index is 0.0927. The fraction of sp³-hybridized carbons (Fsp3) is 0.800. The first-order valence-electron chi connectivity index (χ1n) is 5.15. The molecule has 1 N–H and O–H groups in total. The molecule has 5 nitrogen and oxygen atoms in total. The van der Waals surface area contributed by atoms with Gasteiger partial charge in [0.2, 0.25) is 5.91 Å². The average Bonchev–Trinajstić information content (AvgIpc) is 2.60. The second kappa shape index (κ2) is 4.61. The summed E-state index contributed by atoms with van der Waals surface area (Å²) in [5.41, 5.74) is 0. The molecule has 5 heteroatoms. The summed E-state index contributed by atoms with van der Waals surface area (Å²) < 4.78 is 0. The molecule has 86 valence electrons. The molecule has 0 saturated carbocycles. The molecule has 2 atom stereocenters. The van der Waals surface area contributed by atoms with E-state index in [2.05, 4.69) is 0 Å². The molecule has 1 heterocycles. The van der Waals surface area contributed by atoms with Crippen molar-refractivity contribution in [3.63, 3.8) is 0 Å². The fourth-order valence-corrected chi connectivity index (χ4v) is 1.81. The first-order valence-corrected chi connectivity index (χ1v) is 5.15. The van der Waals surface area contributed by atoms with Gasteiger partial charge < -0.3 is 10.0 Å². The number of carboxylic acid groups (broad SMARTS) is 1. The lowest BCUT2D eigenvalue weighted by Crippen LogP contribution is -2.48. The van der Waals surface area contributed by atoms with E-state index in [1.165, 1.54) is 11.8 Å². The molecule has 0 radical (unpaired) electrons. The van der Waals surface area contributed by atoms with Gasteiger partial charge in [0.15, 0.2) is 0 Å². The van der Waals surface area contributed by atoms with Crippen LogP contribution in [-0.2, 0) is 9.59 Å². The van der Waals surface area contributed by atoms with Crippen molar-refractivity contribution in [3.8, 4) is 0 Å². The molecule has 2 unspecified atom stereocenters. The Morgan fingerprint density at radius 1 is 1.53 bits per heavy atom. The lowest BCUT2D eigenvalue weighted by molar-refractivity contribution is -0.149. The Balaban J connectivity index is 2.63. The molecule has 1 rings (SSSR count). The zero-order valence-corrected chi connectivity index (χ0v) is 9.43. The van der Waals surface area contributed by atoms with Crippen molar-refractivity contribution in [2.24, 2.45) is 0 Å². The largest absolute Gasteiger partial charge is 0.480 e. The molecule has 0 spiro atoms. The summed E-state index contributed by atoms with van der Waals surface area (Å²) in [5, 5.41) is 8.80. The Kier molecular flexibility index (Phi) is 3.68. The molecular formula is C10H18N2O3. The number of carboxylic acids is 1. The second-order valence-electron chi connectivity index (χ2n) is 4.10. The number of carbonyl (C=O) groups is 2. The van der Waals surface area contributed by atoms with Crippen LogP contribution in [0.1, 0.15) is 19.8 Å². The number of rotatable bonds is 3. The van der Waals surface area contributed by atoms with Crippen molar-refractivity contribution in [3.05, 3.63) is 0 Å². The summed E-state index contributed by atoms with van der Waals surface area (Å²) in [6, 6.07) is -0.900. The fourth-order valence-electron chi connectivity index (χ4n) is 1.81. The predicted molar refractivity (Wildman–Crippen MR) is 55.5 cm³/mol. The highest BCUT2D eigenvalue weighted by molar-refractivity contribution is 5.86. The zero-order chi connectivity index (χ0) is 11.6. The van der Waals surface area contributed by atoms with Crippen molar-refractivity contribution in [2.75, 3.05) is 20.6 Å². The molecule has 0 aromatic rings. The van der Waals surface area contributed by atoms with Gasteiger partial charge in [0.25, 0.3) is 0 Å². The Morgan fingerprint density at radius 2 is 2.13 bits per heavy atom. The Bertz CT molecular complexity index is 267. The maximum absolute atomic E-state index is 11.9. The van der Waals surface area contributed by atoms with E-state index in [-0.39, 0.29) is 11.9 Å². The Hall–Kier alpha value is -1.10. The minimum Gasteiger partial charge on any atom is -0.480 e. The van der Waals surface area contributed by atoms with E-state index in [4.69, 9.17) is 5.11 Å². The van der Waals surface area contributed by atoms with Gasteiger partial charge in [-0.3, -0.25) is 9.69 Å². The summed E-state index contributed by atoms with van der Waals surface area (Å²) in [7, 11) is 3.45. The van der Waals surface area contributed by atoms with Crippen molar-refractivity contribution in [2.45, 2.75) is 31.8 Å². The van der Waals surface area contributed by atoms with E-state index >= 15 is 0 Å². The lowest BCUT2D eigenvalue weighted by atomic mass is 10.1. The van der Waals surface area contributed by atoms with Crippen LogP contribution >= 0.6 is 0 Å². The van der Waals surface area contributed by atoms with Gasteiger partial charge in [-0.25, -0.2) is 4.79 Å². The highest BCUT2D eigenvalue weighted by atomic mass is 16.4. The van der Waals surface area contributed by atoms with Crippen LogP contribution in [0.3, 0.4) is 0 Å². The van der Waals surface area contributed by atoms with E-state index in [1.807, 2.05) is 11.9 Å². The van der Waals surface area contributed by atoms with Gasteiger partial charge in [-0.15, -0.1) is 0 Å².